The lowest BCUT2D eigenvalue weighted by molar-refractivity contribution is -0.116. The zero-order valence-electron chi connectivity index (χ0n) is 17.2. The van der Waals surface area contributed by atoms with Crippen LogP contribution in [0, 0.1) is 6.92 Å². The second-order valence-electron chi connectivity index (χ2n) is 7.47. The molecular weight excluding hydrogens is 422 g/mol. The third kappa shape index (κ3) is 5.08. The second kappa shape index (κ2) is 9.28. The van der Waals surface area contributed by atoms with E-state index < -0.39 is 15.7 Å². The SMILES string of the molecule is CCN1CCc2c(sc(NC(=O)CCCS(=O)(=O)c3ccc(C)cc3)c2C(N)=O)C1. The van der Waals surface area contributed by atoms with Crippen molar-refractivity contribution in [2.45, 2.75) is 44.6 Å². The summed E-state index contributed by atoms with van der Waals surface area (Å²) in [6, 6.07) is 6.67. The molecule has 0 spiro atoms. The van der Waals surface area contributed by atoms with E-state index in [9.17, 15) is 18.0 Å². The Morgan fingerprint density at radius 1 is 1.23 bits per heavy atom. The van der Waals surface area contributed by atoms with Crippen LogP contribution in [0.2, 0.25) is 0 Å². The van der Waals surface area contributed by atoms with Gasteiger partial charge in [-0.1, -0.05) is 24.6 Å². The number of hydrogen-bond donors (Lipinski definition) is 2. The van der Waals surface area contributed by atoms with Gasteiger partial charge in [-0.05, 0) is 44.0 Å². The summed E-state index contributed by atoms with van der Waals surface area (Å²) in [6.07, 6.45) is 0.970. The van der Waals surface area contributed by atoms with Crippen molar-refractivity contribution >= 4 is 38.0 Å². The van der Waals surface area contributed by atoms with Crippen LogP contribution in [-0.4, -0.2) is 44.0 Å². The molecule has 0 fully saturated rings. The number of thiophene rings is 1. The van der Waals surface area contributed by atoms with Crippen molar-refractivity contribution < 1.29 is 18.0 Å². The number of carbonyl (C=O) groups excluding carboxylic acids is 2. The number of hydrogen-bond acceptors (Lipinski definition) is 6. The van der Waals surface area contributed by atoms with Crippen molar-refractivity contribution in [3.63, 3.8) is 0 Å². The lowest BCUT2D eigenvalue weighted by Crippen LogP contribution is -2.30. The van der Waals surface area contributed by atoms with Crippen molar-refractivity contribution in [2.75, 3.05) is 24.2 Å². The lowest BCUT2D eigenvalue weighted by Gasteiger charge is -2.25. The Balaban J connectivity index is 1.63. The normalized spacial score (nSPS) is 14.3. The first-order chi connectivity index (χ1) is 14.2. The summed E-state index contributed by atoms with van der Waals surface area (Å²) < 4.78 is 24.8. The third-order valence-corrected chi connectivity index (χ3v) is 8.23. The summed E-state index contributed by atoms with van der Waals surface area (Å²) in [6.45, 7) is 6.48. The predicted octanol–water partition coefficient (Wildman–Crippen LogP) is 2.73. The Morgan fingerprint density at radius 2 is 1.93 bits per heavy atom. The fourth-order valence-corrected chi connectivity index (χ4v) is 6.17. The van der Waals surface area contributed by atoms with Gasteiger partial charge < -0.3 is 11.1 Å². The number of fused-ring (bicyclic) bond motifs is 1. The van der Waals surface area contributed by atoms with Crippen molar-refractivity contribution in [1.29, 1.82) is 0 Å². The Kier molecular flexibility index (Phi) is 6.95. The van der Waals surface area contributed by atoms with Crippen LogP contribution >= 0.6 is 11.3 Å². The minimum atomic E-state index is -3.44. The Morgan fingerprint density at radius 3 is 2.57 bits per heavy atom. The summed E-state index contributed by atoms with van der Waals surface area (Å²) in [5.41, 5.74) is 7.89. The molecule has 1 aromatic heterocycles. The van der Waals surface area contributed by atoms with E-state index >= 15 is 0 Å². The van der Waals surface area contributed by atoms with Crippen molar-refractivity contribution in [3.05, 3.63) is 45.8 Å². The highest BCUT2D eigenvalue weighted by Crippen LogP contribution is 2.37. The first-order valence-electron chi connectivity index (χ1n) is 9.97. The molecule has 2 aromatic rings. The molecule has 162 valence electrons. The summed E-state index contributed by atoms with van der Waals surface area (Å²) in [5, 5.41) is 3.25. The van der Waals surface area contributed by atoms with Crippen LogP contribution in [0.25, 0.3) is 0 Å². The summed E-state index contributed by atoms with van der Waals surface area (Å²) in [4.78, 5) is 28.0. The average Bonchev–Trinajstić information content (AvgIpc) is 3.04. The van der Waals surface area contributed by atoms with Crippen molar-refractivity contribution in [3.8, 4) is 0 Å². The number of primary amides is 1. The molecule has 0 aliphatic carbocycles. The summed E-state index contributed by atoms with van der Waals surface area (Å²) in [7, 11) is -3.44. The minimum Gasteiger partial charge on any atom is -0.365 e. The number of nitrogens with two attached hydrogens (primary N) is 1. The molecule has 0 bridgehead atoms. The largest absolute Gasteiger partial charge is 0.365 e. The van der Waals surface area contributed by atoms with Gasteiger partial charge in [0.05, 0.1) is 16.2 Å². The average molecular weight is 450 g/mol. The fraction of sp³-hybridized carbons (Fsp3) is 0.429. The van der Waals surface area contributed by atoms with Crippen molar-refractivity contribution in [2.24, 2.45) is 5.73 Å². The molecule has 3 N–H and O–H groups in total. The van der Waals surface area contributed by atoms with Gasteiger partial charge in [0.2, 0.25) is 5.91 Å². The number of carbonyl (C=O) groups is 2. The van der Waals surface area contributed by atoms with Crippen LogP contribution in [0.4, 0.5) is 5.00 Å². The standard InChI is InChI=1S/C21H27N3O4S2/c1-3-24-11-10-16-17(13-24)29-21(19(16)20(22)26)23-18(25)5-4-12-30(27,28)15-8-6-14(2)7-9-15/h6-9H,3-5,10-13H2,1-2H3,(H2,22,26)(H,23,25). The van der Waals surface area contributed by atoms with E-state index in [-0.39, 0.29) is 29.4 Å². The Bertz CT molecular complexity index is 1040. The number of aryl methyl sites for hydroxylation is 1. The minimum absolute atomic E-state index is 0.0486. The highest BCUT2D eigenvalue weighted by atomic mass is 32.2. The molecule has 1 aliphatic rings. The highest BCUT2D eigenvalue weighted by Gasteiger charge is 2.27. The van der Waals surface area contributed by atoms with Gasteiger partial charge in [-0.2, -0.15) is 0 Å². The summed E-state index contributed by atoms with van der Waals surface area (Å²) in [5.74, 6) is -0.976. The predicted molar refractivity (Wildman–Crippen MR) is 119 cm³/mol. The second-order valence-corrected chi connectivity index (χ2v) is 10.7. The monoisotopic (exact) mass is 449 g/mol. The number of nitrogens with zero attached hydrogens (tertiary/aromatic N) is 1. The van der Waals surface area contributed by atoms with Gasteiger partial charge in [-0.25, -0.2) is 8.42 Å². The molecule has 1 aromatic carbocycles. The summed E-state index contributed by atoms with van der Waals surface area (Å²) >= 11 is 1.38. The number of benzene rings is 1. The molecule has 0 saturated heterocycles. The van der Waals surface area contributed by atoms with E-state index in [0.29, 0.717) is 10.6 Å². The molecule has 30 heavy (non-hydrogen) atoms. The zero-order chi connectivity index (χ0) is 21.9. The zero-order valence-corrected chi connectivity index (χ0v) is 18.9. The van der Waals surface area contributed by atoms with Gasteiger partial charge in [0, 0.05) is 24.4 Å². The molecule has 7 nitrogen and oxygen atoms in total. The maximum Gasteiger partial charge on any atom is 0.251 e. The van der Waals surface area contributed by atoms with Crippen LogP contribution in [0.3, 0.4) is 0 Å². The molecule has 2 amide bonds. The molecule has 0 unspecified atom stereocenters. The first-order valence-corrected chi connectivity index (χ1v) is 12.4. The topological polar surface area (TPSA) is 110 Å². The van der Waals surface area contributed by atoms with E-state index in [0.717, 1.165) is 42.1 Å². The molecule has 0 saturated carbocycles. The van der Waals surface area contributed by atoms with Gasteiger partial charge >= 0.3 is 0 Å². The number of amides is 2. The molecular formula is C21H27N3O4S2. The molecule has 0 radical (unpaired) electrons. The smallest absolute Gasteiger partial charge is 0.251 e. The number of sulfone groups is 1. The van der Waals surface area contributed by atoms with Crippen LogP contribution in [-0.2, 0) is 27.6 Å². The number of rotatable bonds is 8. The van der Waals surface area contributed by atoms with Gasteiger partial charge in [0.1, 0.15) is 5.00 Å². The first kappa shape index (κ1) is 22.5. The van der Waals surface area contributed by atoms with Crippen LogP contribution in [0.5, 0.6) is 0 Å². The van der Waals surface area contributed by atoms with Gasteiger partial charge in [0.25, 0.3) is 5.91 Å². The molecule has 2 heterocycles. The molecule has 3 rings (SSSR count). The number of likely N-dealkylation sites (N-methyl/N-ethyl adjacent to an activating group) is 1. The molecule has 1 aliphatic heterocycles. The van der Waals surface area contributed by atoms with Gasteiger partial charge in [-0.3, -0.25) is 14.5 Å². The van der Waals surface area contributed by atoms with Gasteiger partial charge in [0.15, 0.2) is 9.84 Å². The van der Waals surface area contributed by atoms with E-state index in [4.69, 9.17) is 5.73 Å². The van der Waals surface area contributed by atoms with E-state index in [1.54, 1.807) is 24.3 Å². The maximum atomic E-state index is 12.4. The van der Waals surface area contributed by atoms with Crippen LogP contribution in [0.15, 0.2) is 29.2 Å². The number of anilines is 1. The quantitative estimate of drug-likeness (QED) is 0.644. The van der Waals surface area contributed by atoms with Gasteiger partial charge in [-0.15, -0.1) is 11.3 Å². The highest BCUT2D eigenvalue weighted by molar-refractivity contribution is 7.91. The molecule has 0 atom stereocenters. The fourth-order valence-electron chi connectivity index (χ4n) is 3.55. The Labute approximate surface area is 181 Å². The van der Waals surface area contributed by atoms with Crippen LogP contribution in [0.1, 0.15) is 46.1 Å². The molecule has 9 heteroatoms. The van der Waals surface area contributed by atoms with E-state index in [2.05, 4.69) is 17.1 Å². The number of nitrogens with one attached hydrogen (secondary N) is 1. The third-order valence-electron chi connectivity index (χ3n) is 5.28. The van der Waals surface area contributed by atoms with E-state index in [1.165, 1.54) is 11.3 Å². The van der Waals surface area contributed by atoms with Crippen LogP contribution < -0.4 is 11.1 Å². The van der Waals surface area contributed by atoms with Crippen molar-refractivity contribution in [1.82, 2.24) is 4.90 Å². The lowest BCUT2D eigenvalue weighted by atomic mass is 10.0. The Hall–Kier alpha value is -2.23. The maximum absolute atomic E-state index is 12.4. The van der Waals surface area contributed by atoms with E-state index in [1.807, 2.05) is 6.92 Å².